The maximum Gasteiger partial charge on any atom is 0.179 e. The van der Waals surface area contributed by atoms with Gasteiger partial charge in [0.05, 0.1) is 18.1 Å². The van der Waals surface area contributed by atoms with E-state index in [1.165, 1.54) is 12.1 Å². The van der Waals surface area contributed by atoms with Crippen LogP contribution in [0.15, 0.2) is 23.1 Å². The normalized spacial score (nSPS) is 24.1. The number of hydrogen-bond acceptors (Lipinski definition) is 5. The monoisotopic (exact) mass is 366 g/mol. The Kier molecular flexibility index (Phi) is 5.30. The highest BCUT2D eigenvalue weighted by atomic mass is 32.2. The SMILES string of the molecule is CS(=O)(=O)c1ccc(COC[C@@H]2C[C@@H]2C2CCN(C#N)CC2)c(F)c1. The van der Waals surface area contributed by atoms with E-state index in [0.717, 1.165) is 44.7 Å². The topological polar surface area (TPSA) is 70.4 Å². The van der Waals surface area contributed by atoms with Crippen LogP contribution in [0.4, 0.5) is 4.39 Å². The molecule has 136 valence electrons. The van der Waals surface area contributed by atoms with Gasteiger partial charge in [-0.1, -0.05) is 6.07 Å². The van der Waals surface area contributed by atoms with Crippen LogP contribution in [0, 0.1) is 35.0 Å². The zero-order valence-electron chi connectivity index (χ0n) is 14.3. The van der Waals surface area contributed by atoms with E-state index in [9.17, 15) is 12.8 Å². The average Bonchev–Trinajstić information content (AvgIpc) is 3.35. The second-order valence-corrected chi connectivity index (χ2v) is 9.14. The third-order valence-corrected chi connectivity index (χ3v) is 6.42. The lowest BCUT2D eigenvalue weighted by Crippen LogP contribution is -2.30. The summed E-state index contributed by atoms with van der Waals surface area (Å²) in [5, 5.41) is 8.88. The van der Waals surface area contributed by atoms with Crippen molar-refractivity contribution in [3.05, 3.63) is 29.6 Å². The van der Waals surface area contributed by atoms with Crippen LogP contribution in [-0.4, -0.2) is 39.3 Å². The van der Waals surface area contributed by atoms with Crippen molar-refractivity contribution in [2.24, 2.45) is 17.8 Å². The van der Waals surface area contributed by atoms with Gasteiger partial charge in [0.25, 0.3) is 0 Å². The molecule has 25 heavy (non-hydrogen) atoms. The van der Waals surface area contributed by atoms with E-state index in [0.29, 0.717) is 29.9 Å². The molecule has 2 fully saturated rings. The molecule has 1 aliphatic heterocycles. The largest absolute Gasteiger partial charge is 0.376 e. The Bertz CT molecular complexity index is 767. The average molecular weight is 366 g/mol. The fourth-order valence-electron chi connectivity index (χ4n) is 3.66. The Morgan fingerprint density at radius 3 is 2.68 bits per heavy atom. The summed E-state index contributed by atoms with van der Waals surface area (Å²) in [7, 11) is -3.40. The van der Waals surface area contributed by atoms with Gasteiger partial charge in [-0.05, 0) is 49.1 Å². The van der Waals surface area contributed by atoms with Crippen molar-refractivity contribution >= 4 is 9.84 Å². The van der Waals surface area contributed by atoms with Gasteiger partial charge in [-0.3, -0.25) is 0 Å². The molecule has 1 saturated heterocycles. The maximum absolute atomic E-state index is 14.0. The molecule has 0 radical (unpaired) electrons. The summed E-state index contributed by atoms with van der Waals surface area (Å²) in [5.74, 6) is 1.32. The summed E-state index contributed by atoms with van der Waals surface area (Å²) in [5.41, 5.74) is 0.381. The minimum Gasteiger partial charge on any atom is -0.376 e. The first-order chi connectivity index (χ1) is 11.9. The highest BCUT2D eigenvalue weighted by molar-refractivity contribution is 7.90. The van der Waals surface area contributed by atoms with Gasteiger partial charge in [-0.25, -0.2) is 12.8 Å². The molecule has 0 aromatic heterocycles. The zero-order valence-corrected chi connectivity index (χ0v) is 15.1. The minimum atomic E-state index is -3.40. The van der Waals surface area contributed by atoms with Crippen molar-refractivity contribution in [3.8, 4) is 6.19 Å². The highest BCUT2D eigenvalue weighted by Crippen LogP contribution is 2.48. The van der Waals surface area contributed by atoms with E-state index >= 15 is 0 Å². The fourth-order valence-corrected chi connectivity index (χ4v) is 4.30. The molecular formula is C18H23FN2O3S. The van der Waals surface area contributed by atoms with Crippen LogP contribution in [0.1, 0.15) is 24.8 Å². The molecular weight excluding hydrogens is 343 g/mol. The summed E-state index contributed by atoms with van der Waals surface area (Å²) in [6.07, 6.45) is 6.54. The van der Waals surface area contributed by atoms with E-state index in [-0.39, 0.29) is 11.5 Å². The Labute approximate surface area is 148 Å². The van der Waals surface area contributed by atoms with E-state index in [2.05, 4.69) is 6.19 Å². The Balaban J connectivity index is 1.43. The summed E-state index contributed by atoms with van der Waals surface area (Å²) in [6.45, 7) is 2.47. The number of rotatable bonds is 6. The molecule has 0 spiro atoms. The number of hydrogen-bond donors (Lipinski definition) is 0. The van der Waals surface area contributed by atoms with Gasteiger partial charge in [-0.15, -0.1) is 0 Å². The molecule has 0 bridgehead atoms. The number of nitriles is 1. The lowest BCUT2D eigenvalue weighted by Gasteiger charge is -2.28. The fraction of sp³-hybridized carbons (Fsp3) is 0.611. The standard InChI is InChI=1S/C18H23FN2O3S/c1-25(22,23)16-3-2-14(18(19)9-16)10-24-11-15-8-17(15)13-4-6-21(12-20)7-5-13/h2-3,9,13,15,17H,4-8,10-11H2,1H3/t15-,17+/m0/s1. The van der Waals surface area contributed by atoms with Gasteiger partial charge in [0.2, 0.25) is 0 Å². The molecule has 0 N–H and O–H groups in total. The number of benzene rings is 1. The van der Waals surface area contributed by atoms with Gasteiger partial charge in [0.1, 0.15) is 5.82 Å². The molecule has 7 heteroatoms. The first-order valence-corrected chi connectivity index (χ1v) is 10.5. The molecule has 1 saturated carbocycles. The molecule has 0 amide bonds. The van der Waals surface area contributed by atoms with Crippen molar-refractivity contribution in [1.82, 2.24) is 4.90 Å². The van der Waals surface area contributed by atoms with Crippen molar-refractivity contribution in [3.63, 3.8) is 0 Å². The molecule has 3 rings (SSSR count). The number of halogens is 1. The summed E-state index contributed by atoms with van der Waals surface area (Å²) >= 11 is 0. The molecule has 1 heterocycles. The van der Waals surface area contributed by atoms with Crippen molar-refractivity contribution in [1.29, 1.82) is 5.26 Å². The van der Waals surface area contributed by atoms with Gasteiger partial charge in [0, 0.05) is 24.9 Å². The Morgan fingerprint density at radius 2 is 2.08 bits per heavy atom. The number of ether oxygens (including phenoxy) is 1. The second-order valence-electron chi connectivity index (χ2n) is 7.12. The number of piperidine rings is 1. The Morgan fingerprint density at radius 1 is 1.36 bits per heavy atom. The van der Waals surface area contributed by atoms with Gasteiger partial charge in [0.15, 0.2) is 16.0 Å². The van der Waals surface area contributed by atoms with Crippen LogP contribution in [-0.2, 0) is 21.2 Å². The molecule has 1 aromatic rings. The van der Waals surface area contributed by atoms with Crippen LogP contribution >= 0.6 is 0 Å². The van der Waals surface area contributed by atoms with Crippen molar-refractivity contribution < 1.29 is 17.5 Å². The number of nitrogens with zero attached hydrogens (tertiary/aromatic N) is 2. The third kappa shape index (κ3) is 4.50. The molecule has 2 aliphatic rings. The van der Waals surface area contributed by atoms with Gasteiger partial charge < -0.3 is 9.64 Å². The Hall–Kier alpha value is -1.65. The summed E-state index contributed by atoms with van der Waals surface area (Å²) < 4.78 is 42.5. The molecule has 5 nitrogen and oxygen atoms in total. The second kappa shape index (κ2) is 7.30. The first-order valence-electron chi connectivity index (χ1n) is 8.59. The van der Waals surface area contributed by atoms with E-state index in [4.69, 9.17) is 10.00 Å². The van der Waals surface area contributed by atoms with Crippen LogP contribution < -0.4 is 0 Å². The van der Waals surface area contributed by atoms with E-state index in [1.807, 2.05) is 4.90 Å². The molecule has 2 atom stereocenters. The lowest BCUT2D eigenvalue weighted by molar-refractivity contribution is 0.0999. The van der Waals surface area contributed by atoms with Gasteiger partial charge in [-0.2, -0.15) is 5.26 Å². The van der Waals surface area contributed by atoms with Crippen LogP contribution in [0.25, 0.3) is 0 Å². The summed E-state index contributed by atoms with van der Waals surface area (Å²) in [4.78, 5) is 1.80. The maximum atomic E-state index is 14.0. The highest BCUT2D eigenvalue weighted by Gasteiger charge is 2.43. The number of likely N-dealkylation sites (tertiary alicyclic amines) is 1. The van der Waals surface area contributed by atoms with Crippen LogP contribution in [0.2, 0.25) is 0 Å². The number of sulfone groups is 1. The smallest absolute Gasteiger partial charge is 0.179 e. The van der Waals surface area contributed by atoms with Crippen LogP contribution in [0.3, 0.4) is 0 Å². The minimum absolute atomic E-state index is 0.0141. The molecule has 1 aliphatic carbocycles. The third-order valence-electron chi connectivity index (χ3n) is 5.31. The summed E-state index contributed by atoms with van der Waals surface area (Å²) in [6, 6.07) is 3.95. The zero-order chi connectivity index (χ0) is 18.0. The molecule has 0 unspecified atom stereocenters. The van der Waals surface area contributed by atoms with Crippen LogP contribution in [0.5, 0.6) is 0 Å². The van der Waals surface area contributed by atoms with E-state index < -0.39 is 15.7 Å². The lowest BCUT2D eigenvalue weighted by atomic mass is 9.91. The predicted molar refractivity (Wildman–Crippen MR) is 90.7 cm³/mol. The molecule has 1 aromatic carbocycles. The van der Waals surface area contributed by atoms with E-state index in [1.54, 1.807) is 0 Å². The quantitative estimate of drug-likeness (QED) is 0.724. The van der Waals surface area contributed by atoms with Crippen molar-refractivity contribution in [2.75, 3.05) is 26.0 Å². The predicted octanol–water partition coefficient (Wildman–Crippen LogP) is 2.57. The van der Waals surface area contributed by atoms with Crippen molar-refractivity contribution in [2.45, 2.75) is 30.8 Å². The first kappa shape index (κ1) is 18.2. The van der Waals surface area contributed by atoms with Gasteiger partial charge >= 0.3 is 0 Å².